The number of likely N-dealkylation sites (tertiary alicyclic amines) is 2. The summed E-state index contributed by atoms with van der Waals surface area (Å²) in [6.07, 6.45) is 7.69. The zero-order valence-electron chi connectivity index (χ0n) is 14.5. The first-order valence-electron chi connectivity index (χ1n) is 9.12. The van der Waals surface area contributed by atoms with Crippen molar-refractivity contribution in [1.82, 2.24) is 24.6 Å². The van der Waals surface area contributed by atoms with E-state index >= 15 is 0 Å². The fourth-order valence-corrected chi connectivity index (χ4v) is 4.43. The topological polar surface area (TPSA) is 63.5 Å². The van der Waals surface area contributed by atoms with E-state index in [1.165, 1.54) is 32.3 Å². The molecule has 1 aromatic rings. The molecule has 1 amide bonds. The summed E-state index contributed by atoms with van der Waals surface area (Å²) in [7, 11) is 1.76. The molecule has 1 spiro atoms. The molecule has 0 saturated carbocycles. The number of piperidine rings is 1. The Morgan fingerprint density at radius 3 is 2.71 bits per heavy atom. The second kappa shape index (κ2) is 6.44. The molecular weight excluding hydrogens is 306 g/mol. The van der Waals surface area contributed by atoms with Gasteiger partial charge in [0.15, 0.2) is 0 Å². The highest BCUT2D eigenvalue weighted by atomic mass is 16.5. The van der Waals surface area contributed by atoms with E-state index in [2.05, 4.69) is 15.0 Å². The van der Waals surface area contributed by atoms with Crippen molar-refractivity contribution < 1.29 is 9.53 Å². The number of aromatic nitrogens is 3. The van der Waals surface area contributed by atoms with Crippen LogP contribution in [0.4, 0.5) is 0 Å². The first-order valence-corrected chi connectivity index (χ1v) is 9.12. The highest BCUT2D eigenvalue weighted by molar-refractivity contribution is 5.90. The Kier molecular flexibility index (Phi) is 4.30. The SMILES string of the molecule is Cn1ncnc1C(=O)N1CCC2(CC1)CO[C@H](CN1CCCC1)C2. The smallest absolute Gasteiger partial charge is 0.291 e. The van der Waals surface area contributed by atoms with Crippen molar-refractivity contribution in [2.75, 3.05) is 39.3 Å². The Bertz CT molecular complexity index is 588. The molecule has 1 aromatic heterocycles. The summed E-state index contributed by atoms with van der Waals surface area (Å²) in [6, 6.07) is 0. The highest BCUT2D eigenvalue weighted by Crippen LogP contribution is 2.42. The molecule has 7 heteroatoms. The van der Waals surface area contributed by atoms with Crippen molar-refractivity contribution in [2.45, 2.75) is 38.2 Å². The lowest BCUT2D eigenvalue weighted by molar-refractivity contribution is 0.0450. The maximum absolute atomic E-state index is 12.5. The van der Waals surface area contributed by atoms with Crippen LogP contribution in [0.1, 0.15) is 42.7 Å². The molecule has 3 aliphatic rings. The zero-order chi connectivity index (χ0) is 16.6. The number of aryl methyl sites for hydroxylation is 1. The molecule has 24 heavy (non-hydrogen) atoms. The van der Waals surface area contributed by atoms with E-state index in [0.29, 0.717) is 11.9 Å². The van der Waals surface area contributed by atoms with Gasteiger partial charge in [-0.3, -0.25) is 4.79 Å². The molecule has 0 aromatic carbocycles. The van der Waals surface area contributed by atoms with E-state index in [1.807, 2.05) is 4.90 Å². The summed E-state index contributed by atoms with van der Waals surface area (Å²) in [5.41, 5.74) is 0.279. The molecule has 1 atom stereocenters. The molecule has 132 valence electrons. The van der Waals surface area contributed by atoms with Crippen LogP contribution in [0.5, 0.6) is 0 Å². The quantitative estimate of drug-likeness (QED) is 0.823. The summed E-state index contributed by atoms with van der Waals surface area (Å²) < 4.78 is 7.68. The number of nitrogens with zero attached hydrogens (tertiary/aromatic N) is 5. The summed E-state index contributed by atoms with van der Waals surface area (Å²) in [5.74, 6) is 0.429. The molecule has 0 radical (unpaired) electrons. The summed E-state index contributed by atoms with van der Waals surface area (Å²) in [4.78, 5) is 21.1. The van der Waals surface area contributed by atoms with E-state index in [0.717, 1.165) is 45.5 Å². The minimum atomic E-state index is -0.00242. The van der Waals surface area contributed by atoms with Crippen LogP contribution in [0.3, 0.4) is 0 Å². The predicted octanol–water partition coefficient (Wildman–Crippen LogP) is 0.922. The van der Waals surface area contributed by atoms with Crippen molar-refractivity contribution >= 4 is 5.91 Å². The fraction of sp³-hybridized carbons (Fsp3) is 0.824. The lowest BCUT2D eigenvalue weighted by Gasteiger charge is -2.38. The molecule has 3 saturated heterocycles. The summed E-state index contributed by atoms with van der Waals surface area (Å²) >= 11 is 0. The molecule has 0 aliphatic carbocycles. The van der Waals surface area contributed by atoms with Crippen molar-refractivity contribution in [2.24, 2.45) is 12.5 Å². The van der Waals surface area contributed by atoms with Crippen molar-refractivity contribution in [3.8, 4) is 0 Å². The number of hydrogen-bond acceptors (Lipinski definition) is 5. The third-order valence-corrected chi connectivity index (χ3v) is 5.96. The van der Waals surface area contributed by atoms with Crippen LogP contribution in [0.2, 0.25) is 0 Å². The fourth-order valence-electron chi connectivity index (χ4n) is 4.43. The van der Waals surface area contributed by atoms with Crippen LogP contribution in [-0.2, 0) is 11.8 Å². The van der Waals surface area contributed by atoms with E-state index in [4.69, 9.17) is 4.74 Å². The first kappa shape index (κ1) is 16.0. The Balaban J connectivity index is 1.31. The van der Waals surface area contributed by atoms with Crippen LogP contribution >= 0.6 is 0 Å². The van der Waals surface area contributed by atoms with Gasteiger partial charge in [-0.1, -0.05) is 0 Å². The number of carbonyl (C=O) groups excluding carboxylic acids is 1. The molecular formula is C17H27N5O2. The maximum Gasteiger partial charge on any atom is 0.291 e. The molecule has 4 rings (SSSR count). The van der Waals surface area contributed by atoms with Crippen LogP contribution in [0.15, 0.2) is 6.33 Å². The molecule has 4 heterocycles. The summed E-state index contributed by atoms with van der Waals surface area (Å²) in [6.45, 7) is 6.00. The Morgan fingerprint density at radius 1 is 1.29 bits per heavy atom. The number of rotatable bonds is 3. The van der Waals surface area contributed by atoms with Gasteiger partial charge in [0.25, 0.3) is 5.91 Å². The van der Waals surface area contributed by atoms with E-state index in [9.17, 15) is 4.79 Å². The van der Waals surface area contributed by atoms with Gasteiger partial charge in [0.1, 0.15) is 6.33 Å². The Hall–Kier alpha value is -1.47. The van der Waals surface area contributed by atoms with Gasteiger partial charge >= 0.3 is 0 Å². The Morgan fingerprint density at radius 2 is 2.04 bits per heavy atom. The standard InChI is InChI=1S/C17H27N5O2/c1-20-15(18-13-19-20)16(23)22-8-4-17(5-9-22)10-14(24-12-17)11-21-6-2-3-7-21/h13-14H,2-12H2,1H3/t14-/m0/s1. The maximum atomic E-state index is 12.5. The third-order valence-electron chi connectivity index (χ3n) is 5.96. The van der Waals surface area contributed by atoms with Gasteiger partial charge in [0, 0.05) is 26.7 Å². The highest BCUT2D eigenvalue weighted by Gasteiger charge is 2.43. The number of amides is 1. The first-order chi connectivity index (χ1) is 11.7. The molecule has 0 unspecified atom stereocenters. The summed E-state index contributed by atoms with van der Waals surface area (Å²) in [5, 5.41) is 4.00. The van der Waals surface area contributed by atoms with Gasteiger partial charge in [-0.2, -0.15) is 5.10 Å². The van der Waals surface area contributed by atoms with Crippen LogP contribution in [0, 0.1) is 5.41 Å². The van der Waals surface area contributed by atoms with E-state index in [-0.39, 0.29) is 11.3 Å². The largest absolute Gasteiger partial charge is 0.376 e. The Labute approximate surface area is 143 Å². The molecule has 0 N–H and O–H groups in total. The van der Waals surface area contributed by atoms with Gasteiger partial charge in [-0.05, 0) is 50.6 Å². The van der Waals surface area contributed by atoms with Crippen molar-refractivity contribution in [1.29, 1.82) is 0 Å². The molecule has 3 fully saturated rings. The number of carbonyl (C=O) groups is 1. The van der Waals surface area contributed by atoms with Crippen LogP contribution in [0.25, 0.3) is 0 Å². The van der Waals surface area contributed by atoms with Gasteiger partial charge in [-0.25, -0.2) is 9.67 Å². The van der Waals surface area contributed by atoms with Crippen LogP contribution < -0.4 is 0 Å². The normalized spacial score (nSPS) is 27.2. The van der Waals surface area contributed by atoms with Gasteiger partial charge in [-0.15, -0.1) is 0 Å². The second-order valence-corrected chi connectivity index (χ2v) is 7.64. The van der Waals surface area contributed by atoms with Crippen molar-refractivity contribution in [3.63, 3.8) is 0 Å². The van der Waals surface area contributed by atoms with Crippen LogP contribution in [-0.4, -0.2) is 75.9 Å². The van der Waals surface area contributed by atoms with Gasteiger partial charge < -0.3 is 14.5 Å². The molecule has 3 aliphatic heterocycles. The monoisotopic (exact) mass is 333 g/mol. The number of ether oxygens (including phenoxy) is 1. The minimum Gasteiger partial charge on any atom is -0.376 e. The second-order valence-electron chi connectivity index (χ2n) is 7.64. The van der Waals surface area contributed by atoms with E-state index < -0.39 is 0 Å². The number of hydrogen-bond donors (Lipinski definition) is 0. The van der Waals surface area contributed by atoms with E-state index in [1.54, 1.807) is 11.7 Å². The molecule has 0 bridgehead atoms. The zero-order valence-corrected chi connectivity index (χ0v) is 14.5. The van der Waals surface area contributed by atoms with Crippen molar-refractivity contribution in [3.05, 3.63) is 12.2 Å². The lowest BCUT2D eigenvalue weighted by Crippen LogP contribution is -2.44. The lowest BCUT2D eigenvalue weighted by atomic mass is 9.76. The third kappa shape index (κ3) is 3.07. The average molecular weight is 333 g/mol. The van der Waals surface area contributed by atoms with Gasteiger partial charge in [0.05, 0.1) is 12.7 Å². The van der Waals surface area contributed by atoms with Gasteiger partial charge in [0.2, 0.25) is 5.82 Å². The minimum absolute atomic E-state index is 0.00242. The predicted molar refractivity (Wildman–Crippen MR) is 88.6 cm³/mol. The molecule has 7 nitrogen and oxygen atoms in total. The average Bonchev–Trinajstić information content (AvgIpc) is 3.31.